The quantitative estimate of drug-likeness (QED) is 0.100. The van der Waals surface area contributed by atoms with E-state index in [0.717, 1.165) is 27.7 Å². The summed E-state index contributed by atoms with van der Waals surface area (Å²) in [4.78, 5) is 71.0. The molecule has 1 aliphatic heterocycles. The highest BCUT2D eigenvalue weighted by Gasteiger charge is 2.57. The summed E-state index contributed by atoms with van der Waals surface area (Å²) in [5.41, 5.74) is 0. The second-order valence-corrected chi connectivity index (χ2v) is 11.4. The van der Waals surface area contributed by atoms with Gasteiger partial charge in [-0.15, -0.1) is 0 Å². The Hall–Kier alpha value is -3.18. The first kappa shape index (κ1) is 38.8. The van der Waals surface area contributed by atoms with Gasteiger partial charge < -0.3 is 33.2 Å². The molecule has 17 nitrogen and oxygen atoms in total. The highest BCUT2D eigenvalue weighted by Crippen LogP contribution is 2.52. The number of hydrogen-bond donors (Lipinski definition) is 0. The molecule has 1 saturated heterocycles. The van der Waals surface area contributed by atoms with Crippen molar-refractivity contribution in [2.24, 2.45) is 11.8 Å². The van der Waals surface area contributed by atoms with Crippen LogP contribution >= 0.6 is 7.82 Å². The maximum atomic E-state index is 15.4. The van der Waals surface area contributed by atoms with Crippen LogP contribution < -0.4 is 0 Å². The molecule has 252 valence electrons. The zero-order chi connectivity index (χ0) is 33.8. The molecular formula is C25H38FO17P. The first-order valence-electron chi connectivity index (χ1n) is 13.2. The van der Waals surface area contributed by atoms with Crippen molar-refractivity contribution in [2.75, 3.05) is 20.2 Å². The number of alkyl halides is 1. The maximum Gasteiger partial charge on any atom is 0.483 e. The Morgan fingerprint density at radius 3 is 1.52 bits per heavy atom. The summed E-state index contributed by atoms with van der Waals surface area (Å²) in [7, 11) is -5.06. The summed E-state index contributed by atoms with van der Waals surface area (Å²) < 4.78 is 80.0. The number of ether oxygens (including phenoxy) is 7. The van der Waals surface area contributed by atoms with Gasteiger partial charge in [0.15, 0.2) is 24.5 Å². The monoisotopic (exact) mass is 660 g/mol. The van der Waals surface area contributed by atoms with Crippen LogP contribution in [0.2, 0.25) is 0 Å². The highest BCUT2D eigenvalue weighted by molar-refractivity contribution is 7.48. The largest absolute Gasteiger partial charge is 0.483 e. The Bertz CT molecular complexity index is 1050. The molecule has 0 unspecified atom stereocenters. The van der Waals surface area contributed by atoms with Crippen molar-refractivity contribution < 1.29 is 84.5 Å². The van der Waals surface area contributed by atoms with Gasteiger partial charge in [0.25, 0.3) is 0 Å². The van der Waals surface area contributed by atoms with E-state index in [1.165, 1.54) is 27.7 Å². The zero-order valence-corrected chi connectivity index (χ0v) is 26.4. The van der Waals surface area contributed by atoms with Gasteiger partial charge in [-0.1, -0.05) is 27.7 Å². The van der Waals surface area contributed by atoms with Crippen molar-refractivity contribution in [3.63, 3.8) is 0 Å². The van der Waals surface area contributed by atoms with E-state index in [2.05, 4.69) is 4.74 Å². The van der Waals surface area contributed by atoms with Crippen LogP contribution in [0.3, 0.4) is 0 Å². The van der Waals surface area contributed by atoms with E-state index in [1.807, 2.05) is 0 Å². The van der Waals surface area contributed by atoms with Gasteiger partial charge in [0.05, 0.1) is 11.8 Å². The Labute approximate surface area is 252 Å². The molecule has 1 aliphatic rings. The van der Waals surface area contributed by atoms with Gasteiger partial charge in [0, 0.05) is 27.7 Å². The number of carbonyl (C=O) groups excluding carboxylic acids is 6. The lowest BCUT2D eigenvalue weighted by molar-refractivity contribution is -0.297. The van der Waals surface area contributed by atoms with Gasteiger partial charge in [-0.2, -0.15) is 0 Å². The number of phosphoric ester groups is 1. The van der Waals surface area contributed by atoms with Gasteiger partial charge in [-0.05, 0) is 0 Å². The average Bonchev–Trinajstić information content (AvgIpc) is 2.89. The van der Waals surface area contributed by atoms with Gasteiger partial charge in [0.1, 0.15) is 12.7 Å². The molecule has 0 spiro atoms. The fourth-order valence-electron chi connectivity index (χ4n) is 3.33. The minimum absolute atomic E-state index is 0.621. The molecule has 0 saturated carbocycles. The van der Waals surface area contributed by atoms with E-state index in [0.29, 0.717) is 0 Å². The third-order valence-corrected chi connectivity index (χ3v) is 6.55. The first-order chi connectivity index (χ1) is 20.4. The molecule has 1 heterocycles. The third kappa shape index (κ3) is 13.2. The zero-order valence-electron chi connectivity index (χ0n) is 25.5. The Kier molecular flexibility index (Phi) is 15.8. The van der Waals surface area contributed by atoms with E-state index in [4.69, 9.17) is 42.0 Å². The predicted octanol–water partition coefficient (Wildman–Crippen LogP) is 1.88. The molecule has 0 bridgehead atoms. The molecule has 0 amide bonds. The number of hydrogen-bond acceptors (Lipinski definition) is 17. The Morgan fingerprint density at radius 2 is 1.11 bits per heavy atom. The van der Waals surface area contributed by atoms with E-state index in [-0.39, 0.29) is 0 Å². The van der Waals surface area contributed by atoms with Crippen molar-refractivity contribution >= 4 is 43.6 Å². The van der Waals surface area contributed by atoms with Gasteiger partial charge in [0.2, 0.25) is 19.9 Å². The van der Waals surface area contributed by atoms with Gasteiger partial charge >= 0.3 is 43.6 Å². The third-order valence-electron chi connectivity index (χ3n) is 5.24. The van der Waals surface area contributed by atoms with E-state index in [9.17, 15) is 33.3 Å². The summed E-state index contributed by atoms with van der Waals surface area (Å²) in [5.74, 6) is -6.73. The SMILES string of the molecule is CC(=O)OC[C@H](F)[C@H]1O[C@@H](OP(=O)(OCOC(=O)C(C)C)OCOC(=O)C(C)C)[C@@H](OC(C)=O)[C@@H](OC(C)=O)[C@@H]1OC(C)=O. The van der Waals surface area contributed by atoms with Crippen LogP contribution in [0.15, 0.2) is 0 Å². The minimum Gasteiger partial charge on any atom is -0.463 e. The van der Waals surface area contributed by atoms with E-state index < -0.39 is 113 Å². The lowest BCUT2D eigenvalue weighted by Gasteiger charge is -2.45. The summed E-state index contributed by atoms with van der Waals surface area (Å²) in [6.07, 6.45) is -12.0. The van der Waals surface area contributed by atoms with Crippen LogP contribution in [-0.2, 0) is 80.1 Å². The van der Waals surface area contributed by atoms with Crippen molar-refractivity contribution in [3.8, 4) is 0 Å². The van der Waals surface area contributed by atoms with E-state index in [1.54, 1.807) is 0 Å². The first-order valence-corrected chi connectivity index (χ1v) is 14.7. The molecule has 6 atom stereocenters. The van der Waals surface area contributed by atoms with Crippen LogP contribution in [0.1, 0.15) is 55.4 Å². The van der Waals surface area contributed by atoms with Crippen molar-refractivity contribution in [1.29, 1.82) is 0 Å². The van der Waals surface area contributed by atoms with Crippen molar-refractivity contribution in [3.05, 3.63) is 0 Å². The molecule has 0 aromatic heterocycles. The van der Waals surface area contributed by atoms with Crippen LogP contribution in [0.5, 0.6) is 0 Å². The second-order valence-electron chi connectivity index (χ2n) is 9.79. The van der Waals surface area contributed by atoms with Crippen LogP contribution in [-0.4, -0.2) is 92.9 Å². The fourth-order valence-corrected chi connectivity index (χ4v) is 4.31. The Morgan fingerprint density at radius 1 is 0.682 bits per heavy atom. The average molecular weight is 661 g/mol. The summed E-state index contributed by atoms with van der Waals surface area (Å²) >= 11 is 0. The summed E-state index contributed by atoms with van der Waals surface area (Å²) in [6, 6.07) is 0. The molecule has 0 aliphatic carbocycles. The van der Waals surface area contributed by atoms with Crippen LogP contribution in [0.25, 0.3) is 0 Å². The smallest absolute Gasteiger partial charge is 0.463 e. The molecule has 0 N–H and O–H groups in total. The number of halogens is 1. The maximum absolute atomic E-state index is 15.4. The molecule has 44 heavy (non-hydrogen) atoms. The molecule has 1 rings (SSSR count). The summed E-state index contributed by atoms with van der Waals surface area (Å²) in [5, 5.41) is 0. The molecular weight excluding hydrogens is 622 g/mol. The van der Waals surface area contributed by atoms with Crippen LogP contribution in [0, 0.1) is 11.8 Å². The number of carbonyl (C=O) groups is 6. The summed E-state index contributed by atoms with van der Waals surface area (Å²) in [6.45, 7) is 6.79. The van der Waals surface area contributed by atoms with Crippen molar-refractivity contribution in [1.82, 2.24) is 0 Å². The second kappa shape index (κ2) is 17.9. The van der Waals surface area contributed by atoms with E-state index >= 15 is 4.39 Å². The molecule has 0 radical (unpaired) electrons. The lowest BCUT2D eigenvalue weighted by atomic mass is 9.95. The number of phosphoric acid groups is 1. The number of esters is 6. The number of rotatable bonds is 16. The predicted molar refractivity (Wildman–Crippen MR) is 139 cm³/mol. The fraction of sp³-hybridized carbons (Fsp3) is 0.760. The molecule has 0 aromatic rings. The minimum atomic E-state index is -5.06. The lowest BCUT2D eigenvalue weighted by Crippen LogP contribution is -2.64. The van der Waals surface area contributed by atoms with Gasteiger partial charge in [-0.3, -0.25) is 33.3 Å². The molecule has 19 heteroatoms. The van der Waals surface area contributed by atoms with Crippen LogP contribution in [0.4, 0.5) is 4.39 Å². The van der Waals surface area contributed by atoms with Gasteiger partial charge in [-0.25, -0.2) is 18.0 Å². The Balaban J connectivity index is 3.55. The molecule has 1 fully saturated rings. The van der Waals surface area contributed by atoms with Crippen molar-refractivity contribution in [2.45, 2.75) is 92.3 Å². The standard InChI is InChI=1S/C25H38FO17P/c1-12(2)23(31)35-10-37-44(33,38-11-36-24(32)13(3)4)43-25-22(41-17(8)30)21(40-16(7)29)20(39-15(6)28)19(42-25)18(26)9-34-14(5)27/h12-13,18-22,25H,9-11H2,1-8H3/t18-,19+,20+,21-,22-,25-/m0/s1. The molecule has 0 aromatic carbocycles. The normalized spacial score (nSPS) is 22.5. The topological polar surface area (TPSA) is 212 Å². The highest BCUT2D eigenvalue weighted by atomic mass is 31.2.